The molecule has 0 unspecified atom stereocenters. The smallest absolute Gasteiger partial charge is 0.231 e. The first-order valence-corrected chi connectivity index (χ1v) is 5.92. The van der Waals surface area contributed by atoms with Crippen molar-refractivity contribution in [1.82, 2.24) is 0 Å². The molecule has 0 atom stereocenters. The van der Waals surface area contributed by atoms with Crippen LogP contribution in [0.15, 0.2) is 23.3 Å². The van der Waals surface area contributed by atoms with Crippen molar-refractivity contribution >= 4 is 5.90 Å². The Hall–Kier alpha value is -1.75. The zero-order valence-corrected chi connectivity index (χ0v) is 11.0. The summed E-state index contributed by atoms with van der Waals surface area (Å²) in [6, 6.07) is 5.91. The molecule has 1 heterocycles. The van der Waals surface area contributed by atoms with Crippen LogP contribution in [0, 0.1) is 0 Å². The third-order valence-electron chi connectivity index (χ3n) is 2.80. The maximum Gasteiger partial charge on any atom is 0.231 e. The number of nitrogens with zero attached hydrogens (tertiary/aromatic N) is 2. The van der Waals surface area contributed by atoms with Gasteiger partial charge >= 0.3 is 0 Å². The first kappa shape index (κ1) is 12.7. The van der Waals surface area contributed by atoms with Crippen molar-refractivity contribution in [3.63, 3.8) is 0 Å². The van der Waals surface area contributed by atoms with Crippen LogP contribution in [0.1, 0.15) is 12.5 Å². The van der Waals surface area contributed by atoms with Crippen LogP contribution in [0.3, 0.4) is 0 Å². The molecule has 0 fully saturated rings. The Bertz CT molecular complexity index is 465. The fraction of sp³-hybridized carbons (Fsp3) is 0.462. The second kappa shape index (κ2) is 4.86. The summed E-state index contributed by atoms with van der Waals surface area (Å²) in [4.78, 5) is 0. The molecule has 1 aliphatic heterocycles. The van der Waals surface area contributed by atoms with Crippen LogP contribution in [-0.4, -0.2) is 37.9 Å². The lowest BCUT2D eigenvalue weighted by Crippen LogP contribution is -2.38. The molecule has 5 nitrogen and oxygen atoms in total. The Kier molecular flexibility index (Phi) is 3.43. The number of likely N-dealkylation sites (N-methyl/N-ethyl adjacent to an activating group) is 1. The highest BCUT2D eigenvalue weighted by molar-refractivity contribution is 5.67. The molecule has 0 radical (unpaired) electrons. The van der Waals surface area contributed by atoms with Crippen molar-refractivity contribution in [3.05, 3.63) is 23.8 Å². The topological polar surface area (TPSA) is 53.9 Å². The molecule has 5 heteroatoms. The normalized spacial score (nSPS) is 14.9. The highest BCUT2D eigenvalue weighted by atomic mass is 16.7. The number of hydrogen-bond acceptors (Lipinski definition) is 4. The van der Waals surface area contributed by atoms with Crippen molar-refractivity contribution < 1.29 is 19.2 Å². The van der Waals surface area contributed by atoms with E-state index >= 15 is 0 Å². The summed E-state index contributed by atoms with van der Waals surface area (Å²) in [5.41, 5.74) is 1.16. The number of rotatable bonds is 4. The standard InChI is InChI=1S/C13H18N2O3/c1-10(16)14-15(2,3)7-6-11-4-5-12-13(8-11)18-9-17-12/h4-5,8H,6-7,9H2,1-3H3. The number of hydrogen-bond donors (Lipinski definition) is 0. The quantitative estimate of drug-likeness (QED) is 0.342. The van der Waals surface area contributed by atoms with Gasteiger partial charge in [0.15, 0.2) is 11.5 Å². The number of ether oxygens (including phenoxy) is 2. The van der Waals surface area contributed by atoms with Crippen LogP contribution in [0.5, 0.6) is 11.5 Å². The van der Waals surface area contributed by atoms with Crippen molar-refractivity contribution in [1.29, 1.82) is 0 Å². The van der Waals surface area contributed by atoms with Crippen LogP contribution >= 0.6 is 0 Å². The zero-order chi connectivity index (χ0) is 13.2. The highest BCUT2D eigenvalue weighted by Gasteiger charge is 2.16. The van der Waals surface area contributed by atoms with Crippen LogP contribution in [0.2, 0.25) is 0 Å². The van der Waals surface area contributed by atoms with E-state index in [1.807, 2.05) is 32.3 Å². The minimum absolute atomic E-state index is 0.148. The molecule has 0 saturated heterocycles. The summed E-state index contributed by atoms with van der Waals surface area (Å²) >= 11 is 0. The van der Waals surface area contributed by atoms with E-state index in [1.54, 1.807) is 0 Å². The fourth-order valence-corrected chi connectivity index (χ4v) is 1.93. The summed E-state index contributed by atoms with van der Waals surface area (Å²) < 4.78 is 10.9. The van der Waals surface area contributed by atoms with E-state index in [0.717, 1.165) is 30.0 Å². The average molecular weight is 250 g/mol. The molecule has 0 N–H and O–H groups in total. The summed E-state index contributed by atoms with van der Waals surface area (Å²) in [5.74, 6) is 1.44. The Labute approximate surface area is 107 Å². The summed E-state index contributed by atoms with van der Waals surface area (Å²) in [6.45, 7) is 2.53. The lowest BCUT2D eigenvalue weighted by Gasteiger charge is -2.24. The maximum absolute atomic E-state index is 11.0. The minimum Gasteiger partial charge on any atom is -0.858 e. The average Bonchev–Trinajstić information content (AvgIpc) is 2.71. The third kappa shape index (κ3) is 3.13. The highest BCUT2D eigenvalue weighted by Crippen LogP contribution is 2.32. The molecule has 0 aromatic heterocycles. The van der Waals surface area contributed by atoms with E-state index in [-0.39, 0.29) is 5.90 Å². The van der Waals surface area contributed by atoms with Gasteiger partial charge in [-0.05, 0) is 24.6 Å². The van der Waals surface area contributed by atoms with Crippen LogP contribution in [-0.2, 0) is 6.42 Å². The van der Waals surface area contributed by atoms with Crippen molar-refractivity contribution in [2.45, 2.75) is 13.3 Å². The Balaban J connectivity index is 2.00. The van der Waals surface area contributed by atoms with Gasteiger partial charge in [0.05, 0.1) is 14.1 Å². The summed E-state index contributed by atoms with van der Waals surface area (Å²) in [7, 11) is 3.82. The van der Waals surface area contributed by atoms with E-state index in [4.69, 9.17) is 9.47 Å². The van der Waals surface area contributed by atoms with Gasteiger partial charge in [-0.2, -0.15) is 0 Å². The maximum atomic E-state index is 11.0. The molecular weight excluding hydrogens is 232 g/mol. The van der Waals surface area contributed by atoms with Crippen molar-refractivity contribution in [2.24, 2.45) is 5.10 Å². The SMILES string of the molecule is C/C([O-])=N/[N+](C)(C)CCc1ccc2c(c1)OCO2. The molecular formula is C13H18N2O3. The van der Waals surface area contributed by atoms with Crippen LogP contribution in [0.25, 0.3) is 0 Å². The molecule has 2 rings (SSSR count). The van der Waals surface area contributed by atoms with Gasteiger partial charge in [0.2, 0.25) is 6.79 Å². The van der Waals surface area contributed by atoms with Gasteiger partial charge in [0.1, 0.15) is 6.54 Å². The Morgan fingerprint density at radius 1 is 1.33 bits per heavy atom. The van der Waals surface area contributed by atoms with Crippen LogP contribution < -0.4 is 14.6 Å². The minimum atomic E-state index is -0.148. The molecule has 0 aliphatic carbocycles. The second-order valence-corrected chi connectivity index (χ2v) is 4.90. The van der Waals surface area contributed by atoms with Gasteiger partial charge < -0.3 is 14.6 Å². The summed E-state index contributed by atoms with van der Waals surface area (Å²) in [6.07, 6.45) is 0.834. The third-order valence-corrected chi connectivity index (χ3v) is 2.80. The lowest BCUT2D eigenvalue weighted by atomic mass is 10.1. The Morgan fingerprint density at radius 3 is 2.78 bits per heavy atom. The predicted molar refractivity (Wildman–Crippen MR) is 66.4 cm³/mol. The molecule has 0 amide bonds. The van der Waals surface area contributed by atoms with E-state index < -0.39 is 0 Å². The van der Waals surface area contributed by atoms with Crippen LogP contribution in [0.4, 0.5) is 0 Å². The second-order valence-electron chi connectivity index (χ2n) is 4.90. The largest absolute Gasteiger partial charge is 0.858 e. The molecule has 0 bridgehead atoms. The van der Waals surface area contributed by atoms with E-state index in [0.29, 0.717) is 11.4 Å². The summed E-state index contributed by atoms with van der Waals surface area (Å²) in [5, 5.41) is 15.0. The molecule has 98 valence electrons. The van der Waals surface area contributed by atoms with Gasteiger partial charge in [0, 0.05) is 12.3 Å². The molecule has 1 aromatic carbocycles. The van der Waals surface area contributed by atoms with E-state index in [2.05, 4.69) is 5.10 Å². The number of quaternary nitrogens is 1. The molecule has 1 aliphatic rings. The number of fused-ring (bicyclic) bond motifs is 1. The van der Waals surface area contributed by atoms with E-state index in [1.165, 1.54) is 6.92 Å². The predicted octanol–water partition coefficient (Wildman–Crippen LogP) is 0.728. The molecule has 1 aromatic rings. The van der Waals surface area contributed by atoms with Gasteiger partial charge in [0.25, 0.3) is 0 Å². The first-order valence-electron chi connectivity index (χ1n) is 5.92. The monoisotopic (exact) mass is 250 g/mol. The zero-order valence-electron chi connectivity index (χ0n) is 11.0. The van der Waals surface area contributed by atoms with Crippen molar-refractivity contribution in [3.8, 4) is 11.5 Å². The van der Waals surface area contributed by atoms with E-state index in [9.17, 15) is 5.11 Å². The fourth-order valence-electron chi connectivity index (χ4n) is 1.93. The molecule has 18 heavy (non-hydrogen) atoms. The van der Waals surface area contributed by atoms with Gasteiger partial charge in [-0.15, -0.1) is 5.10 Å². The van der Waals surface area contributed by atoms with Gasteiger partial charge in [-0.25, -0.2) is 4.59 Å². The van der Waals surface area contributed by atoms with Gasteiger partial charge in [-0.3, -0.25) is 0 Å². The van der Waals surface area contributed by atoms with Gasteiger partial charge in [-0.1, -0.05) is 6.07 Å². The van der Waals surface area contributed by atoms with Crippen molar-refractivity contribution in [2.75, 3.05) is 27.4 Å². The molecule has 0 spiro atoms. The first-order chi connectivity index (χ1) is 8.46. The number of benzene rings is 1. The molecule has 0 saturated carbocycles. The Morgan fingerprint density at radius 2 is 2.06 bits per heavy atom. The lowest BCUT2D eigenvalue weighted by molar-refractivity contribution is -0.898.